The van der Waals surface area contributed by atoms with Gasteiger partial charge in [0.05, 0.1) is 11.4 Å². The van der Waals surface area contributed by atoms with Gasteiger partial charge in [-0.25, -0.2) is 10.1 Å². The minimum Gasteiger partial charge on any atom is -0.484 e. The van der Waals surface area contributed by atoms with Gasteiger partial charge in [0.15, 0.2) is 6.61 Å². The Hall–Kier alpha value is -4.19. The lowest BCUT2D eigenvalue weighted by Gasteiger charge is -2.04. The molecule has 32 heavy (non-hydrogen) atoms. The molecule has 0 aliphatic heterocycles. The third-order valence-corrected chi connectivity index (χ3v) is 4.84. The van der Waals surface area contributed by atoms with E-state index in [1.807, 2.05) is 59.4 Å². The summed E-state index contributed by atoms with van der Waals surface area (Å²) in [5.41, 5.74) is 7.62. The third kappa shape index (κ3) is 5.49. The Kier molecular flexibility index (Phi) is 6.72. The van der Waals surface area contributed by atoms with Gasteiger partial charge in [0.25, 0.3) is 5.91 Å². The molecule has 6 heteroatoms. The summed E-state index contributed by atoms with van der Waals surface area (Å²) in [6, 6.07) is 27.4. The molecule has 0 fully saturated rings. The first-order valence-electron chi connectivity index (χ1n) is 10.4. The normalized spacial score (nSPS) is 10.9. The number of rotatable bonds is 8. The van der Waals surface area contributed by atoms with Crippen LogP contribution in [-0.4, -0.2) is 28.5 Å². The van der Waals surface area contributed by atoms with Crippen LogP contribution in [-0.2, 0) is 11.2 Å². The van der Waals surface area contributed by atoms with E-state index in [0.29, 0.717) is 12.2 Å². The Morgan fingerprint density at radius 1 is 1.00 bits per heavy atom. The van der Waals surface area contributed by atoms with E-state index in [4.69, 9.17) is 9.84 Å². The molecular formula is C26H24N4O2. The van der Waals surface area contributed by atoms with E-state index in [2.05, 4.69) is 41.7 Å². The van der Waals surface area contributed by atoms with Crippen LogP contribution in [0.1, 0.15) is 11.1 Å². The molecule has 1 heterocycles. The van der Waals surface area contributed by atoms with Gasteiger partial charge in [-0.2, -0.15) is 10.2 Å². The first-order valence-corrected chi connectivity index (χ1v) is 10.4. The van der Waals surface area contributed by atoms with E-state index in [9.17, 15) is 4.79 Å². The number of nitrogens with one attached hydrogen (secondary N) is 1. The van der Waals surface area contributed by atoms with Crippen molar-refractivity contribution in [3.8, 4) is 22.7 Å². The number of para-hydroxylation sites is 2. The van der Waals surface area contributed by atoms with Gasteiger partial charge in [-0.15, -0.1) is 0 Å². The van der Waals surface area contributed by atoms with E-state index in [1.54, 1.807) is 18.3 Å². The SMILES string of the molecule is Cc1ccc(-c2nn(-c3ccccc3)cc2C/C=N/NC(=O)COc2ccccc2)cc1. The molecule has 0 spiro atoms. The van der Waals surface area contributed by atoms with Crippen LogP contribution >= 0.6 is 0 Å². The number of benzene rings is 3. The number of hydrogen-bond acceptors (Lipinski definition) is 4. The van der Waals surface area contributed by atoms with E-state index in [-0.39, 0.29) is 12.5 Å². The molecule has 1 N–H and O–H groups in total. The summed E-state index contributed by atoms with van der Waals surface area (Å²) in [7, 11) is 0. The number of amides is 1. The molecular weight excluding hydrogens is 400 g/mol. The van der Waals surface area contributed by atoms with E-state index >= 15 is 0 Å². The Morgan fingerprint density at radius 3 is 2.41 bits per heavy atom. The number of nitrogens with zero attached hydrogens (tertiary/aromatic N) is 3. The van der Waals surface area contributed by atoms with Crippen LogP contribution in [0.25, 0.3) is 16.9 Å². The maximum absolute atomic E-state index is 12.0. The highest BCUT2D eigenvalue weighted by Crippen LogP contribution is 2.24. The molecule has 0 aliphatic carbocycles. The Labute approximate surface area is 187 Å². The fourth-order valence-corrected chi connectivity index (χ4v) is 3.19. The summed E-state index contributed by atoms with van der Waals surface area (Å²) in [6.45, 7) is 1.96. The summed E-state index contributed by atoms with van der Waals surface area (Å²) in [5, 5.41) is 8.87. The van der Waals surface area contributed by atoms with Gasteiger partial charge < -0.3 is 4.74 Å². The van der Waals surface area contributed by atoms with Crippen LogP contribution < -0.4 is 10.2 Å². The Morgan fingerprint density at radius 2 is 1.69 bits per heavy atom. The van der Waals surface area contributed by atoms with Crippen LogP contribution in [0.5, 0.6) is 5.75 Å². The Balaban J connectivity index is 1.44. The molecule has 160 valence electrons. The minimum absolute atomic E-state index is 0.0953. The van der Waals surface area contributed by atoms with Crippen molar-refractivity contribution >= 4 is 12.1 Å². The second kappa shape index (κ2) is 10.2. The van der Waals surface area contributed by atoms with Crippen LogP contribution in [0.15, 0.2) is 96.2 Å². The summed E-state index contributed by atoms with van der Waals surface area (Å²) in [4.78, 5) is 12.0. The first kappa shape index (κ1) is 21.1. The molecule has 0 saturated carbocycles. The topological polar surface area (TPSA) is 68.5 Å². The zero-order valence-electron chi connectivity index (χ0n) is 17.8. The largest absolute Gasteiger partial charge is 0.484 e. The molecule has 1 amide bonds. The zero-order chi connectivity index (χ0) is 22.2. The fourth-order valence-electron chi connectivity index (χ4n) is 3.19. The molecule has 0 saturated heterocycles. The number of carbonyl (C=O) groups is 1. The molecule has 0 unspecified atom stereocenters. The lowest BCUT2D eigenvalue weighted by atomic mass is 10.1. The van der Waals surface area contributed by atoms with Crippen molar-refractivity contribution in [1.82, 2.24) is 15.2 Å². The lowest BCUT2D eigenvalue weighted by Crippen LogP contribution is -2.24. The molecule has 0 bridgehead atoms. The average molecular weight is 425 g/mol. The van der Waals surface area contributed by atoms with Crippen molar-refractivity contribution in [2.75, 3.05) is 6.61 Å². The highest BCUT2D eigenvalue weighted by molar-refractivity contribution is 5.78. The lowest BCUT2D eigenvalue weighted by molar-refractivity contribution is -0.123. The monoisotopic (exact) mass is 424 g/mol. The van der Waals surface area contributed by atoms with Crippen molar-refractivity contribution in [1.29, 1.82) is 0 Å². The van der Waals surface area contributed by atoms with Gasteiger partial charge in [-0.05, 0) is 31.2 Å². The molecule has 1 aromatic heterocycles. The van der Waals surface area contributed by atoms with Gasteiger partial charge in [0, 0.05) is 30.0 Å². The predicted octanol–water partition coefficient (Wildman–Crippen LogP) is 4.57. The average Bonchev–Trinajstić information content (AvgIpc) is 3.26. The highest BCUT2D eigenvalue weighted by Gasteiger charge is 2.11. The van der Waals surface area contributed by atoms with Crippen molar-refractivity contribution in [3.05, 3.63) is 102 Å². The maximum Gasteiger partial charge on any atom is 0.277 e. The number of hydrazone groups is 1. The van der Waals surface area contributed by atoms with Gasteiger partial charge in [0.2, 0.25) is 0 Å². The highest BCUT2D eigenvalue weighted by atomic mass is 16.5. The van der Waals surface area contributed by atoms with Crippen LogP contribution in [0.2, 0.25) is 0 Å². The van der Waals surface area contributed by atoms with Crippen molar-refractivity contribution in [2.24, 2.45) is 5.10 Å². The van der Waals surface area contributed by atoms with E-state index in [1.165, 1.54) is 5.56 Å². The second-order valence-electron chi connectivity index (χ2n) is 7.30. The summed E-state index contributed by atoms with van der Waals surface area (Å²) >= 11 is 0. The molecule has 6 nitrogen and oxygen atoms in total. The fraction of sp³-hybridized carbons (Fsp3) is 0.115. The van der Waals surface area contributed by atoms with E-state index in [0.717, 1.165) is 22.5 Å². The molecule has 4 aromatic rings. The van der Waals surface area contributed by atoms with Gasteiger partial charge >= 0.3 is 0 Å². The zero-order valence-corrected chi connectivity index (χ0v) is 17.8. The molecule has 0 radical (unpaired) electrons. The number of aryl methyl sites for hydroxylation is 1. The molecule has 4 rings (SSSR count). The summed E-state index contributed by atoms with van der Waals surface area (Å²) in [5.74, 6) is 0.325. The first-order chi connectivity index (χ1) is 15.7. The summed E-state index contributed by atoms with van der Waals surface area (Å²) < 4.78 is 7.29. The summed E-state index contributed by atoms with van der Waals surface area (Å²) in [6.07, 6.45) is 4.19. The smallest absolute Gasteiger partial charge is 0.277 e. The number of hydrogen-bond donors (Lipinski definition) is 1. The Bertz CT molecular complexity index is 1180. The van der Waals surface area contributed by atoms with Crippen molar-refractivity contribution in [2.45, 2.75) is 13.3 Å². The van der Waals surface area contributed by atoms with Gasteiger partial charge in [-0.3, -0.25) is 4.79 Å². The number of aromatic nitrogens is 2. The molecule has 0 atom stereocenters. The van der Waals surface area contributed by atoms with Crippen LogP contribution in [0.3, 0.4) is 0 Å². The standard InChI is InChI=1S/C26H24N4O2/c1-20-12-14-21(15-13-20)26-22(18-30(29-26)23-8-4-2-5-9-23)16-17-27-28-25(31)19-32-24-10-6-3-7-11-24/h2-15,17-18H,16,19H2,1H3,(H,28,31)/b27-17+. The van der Waals surface area contributed by atoms with Crippen LogP contribution in [0.4, 0.5) is 0 Å². The quantitative estimate of drug-likeness (QED) is 0.333. The van der Waals surface area contributed by atoms with Crippen LogP contribution in [0, 0.1) is 6.92 Å². The maximum atomic E-state index is 12.0. The number of ether oxygens (including phenoxy) is 1. The molecule has 3 aromatic carbocycles. The second-order valence-corrected chi connectivity index (χ2v) is 7.30. The predicted molar refractivity (Wildman–Crippen MR) is 126 cm³/mol. The van der Waals surface area contributed by atoms with Gasteiger partial charge in [-0.1, -0.05) is 66.2 Å². The minimum atomic E-state index is -0.316. The number of carbonyl (C=O) groups excluding carboxylic acids is 1. The van der Waals surface area contributed by atoms with E-state index < -0.39 is 0 Å². The van der Waals surface area contributed by atoms with Crippen molar-refractivity contribution in [3.63, 3.8) is 0 Å². The van der Waals surface area contributed by atoms with Crippen molar-refractivity contribution < 1.29 is 9.53 Å². The third-order valence-electron chi connectivity index (χ3n) is 4.84. The van der Waals surface area contributed by atoms with Gasteiger partial charge in [0.1, 0.15) is 5.75 Å². The molecule has 0 aliphatic rings.